The van der Waals surface area contributed by atoms with Gasteiger partial charge < -0.3 is 10.5 Å². The number of aromatic nitrogens is 3. The average molecular weight is 266 g/mol. The molecule has 1 aromatic carbocycles. The molecule has 0 bridgehead atoms. The lowest BCUT2D eigenvalue weighted by Crippen LogP contribution is -2.04. The van der Waals surface area contributed by atoms with E-state index in [4.69, 9.17) is 10.5 Å². The smallest absolute Gasteiger partial charge is 0.215 e. The standard InChI is InChI=1S/C15H14N4O/c1-20-14-8-7-13(16)15(18-14)19-10-12(9-17-19)11-5-3-2-4-6-11/h2-10H,16H2,1H3. The van der Waals surface area contributed by atoms with Crippen molar-refractivity contribution in [1.82, 2.24) is 14.8 Å². The lowest BCUT2D eigenvalue weighted by molar-refractivity contribution is 0.397. The number of rotatable bonds is 3. The van der Waals surface area contributed by atoms with Gasteiger partial charge >= 0.3 is 0 Å². The molecular formula is C15H14N4O. The van der Waals surface area contributed by atoms with Gasteiger partial charge in [0, 0.05) is 17.8 Å². The Balaban J connectivity index is 2.02. The van der Waals surface area contributed by atoms with E-state index in [0.29, 0.717) is 17.4 Å². The second kappa shape index (κ2) is 5.05. The molecule has 5 nitrogen and oxygen atoms in total. The lowest BCUT2D eigenvalue weighted by atomic mass is 10.1. The molecule has 2 heterocycles. The number of ether oxygens (including phenoxy) is 1. The minimum Gasteiger partial charge on any atom is -0.481 e. The minimum absolute atomic E-state index is 0.506. The molecule has 3 rings (SSSR count). The van der Waals surface area contributed by atoms with Gasteiger partial charge in [-0.1, -0.05) is 30.3 Å². The van der Waals surface area contributed by atoms with Crippen LogP contribution in [0.2, 0.25) is 0 Å². The van der Waals surface area contributed by atoms with E-state index < -0.39 is 0 Å². The quantitative estimate of drug-likeness (QED) is 0.791. The molecule has 0 saturated heterocycles. The third-order valence-corrected chi connectivity index (χ3v) is 3.00. The fraction of sp³-hybridized carbons (Fsp3) is 0.0667. The molecule has 20 heavy (non-hydrogen) atoms. The number of hydrogen-bond donors (Lipinski definition) is 1. The number of benzene rings is 1. The first-order valence-electron chi connectivity index (χ1n) is 6.19. The molecule has 0 saturated carbocycles. The van der Waals surface area contributed by atoms with Crippen molar-refractivity contribution in [3.05, 3.63) is 54.9 Å². The van der Waals surface area contributed by atoms with E-state index in [9.17, 15) is 0 Å². The van der Waals surface area contributed by atoms with Gasteiger partial charge in [-0.05, 0) is 11.6 Å². The largest absolute Gasteiger partial charge is 0.481 e. The van der Waals surface area contributed by atoms with E-state index in [1.165, 1.54) is 0 Å². The normalized spacial score (nSPS) is 10.4. The number of nitrogens with zero attached hydrogens (tertiary/aromatic N) is 3. The monoisotopic (exact) mass is 266 g/mol. The molecule has 0 aliphatic carbocycles. The highest BCUT2D eigenvalue weighted by Crippen LogP contribution is 2.22. The number of anilines is 1. The summed E-state index contributed by atoms with van der Waals surface area (Å²) in [5.41, 5.74) is 8.60. The zero-order valence-corrected chi connectivity index (χ0v) is 11.0. The molecule has 0 atom stereocenters. The van der Waals surface area contributed by atoms with Gasteiger partial charge in [-0.15, -0.1) is 0 Å². The molecule has 0 aliphatic rings. The molecular weight excluding hydrogens is 252 g/mol. The fourth-order valence-electron chi connectivity index (χ4n) is 1.96. The Kier molecular flexibility index (Phi) is 3.09. The molecule has 0 unspecified atom stereocenters. The number of nitrogens with two attached hydrogens (primary N) is 1. The maximum absolute atomic E-state index is 5.95. The molecule has 3 aromatic rings. The fourth-order valence-corrected chi connectivity index (χ4v) is 1.96. The van der Waals surface area contributed by atoms with Crippen LogP contribution < -0.4 is 10.5 Å². The number of hydrogen-bond acceptors (Lipinski definition) is 4. The predicted octanol–water partition coefficient (Wildman–Crippen LogP) is 2.53. The van der Waals surface area contributed by atoms with Crippen LogP contribution in [0.25, 0.3) is 16.9 Å². The zero-order chi connectivity index (χ0) is 13.9. The van der Waals surface area contributed by atoms with Gasteiger partial charge in [-0.3, -0.25) is 0 Å². The van der Waals surface area contributed by atoms with Gasteiger partial charge in [-0.25, -0.2) is 4.68 Å². The van der Waals surface area contributed by atoms with Crippen LogP contribution in [0.5, 0.6) is 5.88 Å². The summed E-state index contributed by atoms with van der Waals surface area (Å²) >= 11 is 0. The van der Waals surface area contributed by atoms with Gasteiger partial charge in [0.1, 0.15) is 0 Å². The highest BCUT2D eigenvalue weighted by molar-refractivity contribution is 5.63. The summed E-state index contributed by atoms with van der Waals surface area (Å²) in [6.45, 7) is 0. The Labute approximate surface area is 116 Å². The third kappa shape index (κ3) is 2.21. The molecule has 0 aliphatic heterocycles. The van der Waals surface area contributed by atoms with E-state index in [1.54, 1.807) is 30.1 Å². The molecule has 0 spiro atoms. The second-order valence-corrected chi connectivity index (χ2v) is 4.31. The van der Waals surface area contributed by atoms with Gasteiger partial charge in [0.05, 0.1) is 19.0 Å². The van der Waals surface area contributed by atoms with Crippen molar-refractivity contribution in [2.75, 3.05) is 12.8 Å². The summed E-state index contributed by atoms with van der Waals surface area (Å²) in [6, 6.07) is 13.5. The van der Waals surface area contributed by atoms with Crippen molar-refractivity contribution in [3.63, 3.8) is 0 Å². The number of methoxy groups -OCH3 is 1. The number of nitrogen functional groups attached to an aromatic ring is 1. The van der Waals surface area contributed by atoms with Crippen LogP contribution in [0.3, 0.4) is 0 Å². The van der Waals surface area contributed by atoms with Crippen LogP contribution in [0, 0.1) is 0 Å². The van der Waals surface area contributed by atoms with Crippen molar-refractivity contribution in [2.45, 2.75) is 0 Å². The van der Waals surface area contributed by atoms with E-state index in [2.05, 4.69) is 10.1 Å². The summed E-state index contributed by atoms with van der Waals surface area (Å²) in [6.07, 6.45) is 3.68. The van der Waals surface area contributed by atoms with Crippen LogP contribution in [0.15, 0.2) is 54.9 Å². The first kappa shape index (κ1) is 12.2. The highest BCUT2D eigenvalue weighted by atomic mass is 16.5. The van der Waals surface area contributed by atoms with Gasteiger partial charge in [0.2, 0.25) is 5.88 Å². The maximum Gasteiger partial charge on any atom is 0.215 e. The van der Waals surface area contributed by atoms with Crippen molar-refractivity contribution in [1.29, 1.82) is 0 Å². The zero-order valence-electron chi connectivity index (χ0n) is 11.0. The second-order valence-electron chi connectivity index (χ2n) is 4.31. The van der Waals surface area contributed by atoms with Gasteiger partial charge in [0.25, 0.3) is 0 Å². The molecule has 2 aromatic heterocycles. The Morgan fingerprint density at radius 3 is 2.60 bits per heavy atom. The van der Waals surface area contributed by atoms with Crippen molar-refractivity contribution in [2.24, 2.45) is 0 Å². The van der Waals surface area contributed by atoms with Crippen LogP contribution in [-0.2, 0) is 0 Å². The molecule has 0 radical (unpaired) electrons. The Morgan fingerprint density at radius 1 is 1.05 bits per heavy atom. The summed E-state index contributed by atoms with van der Waals surface area (Å²) in [5, 5.41) is 4.32. The average Bonchev–Trinajstić information content (AvgIpc) is 2.98. The Bertz CT molecular complexity index is 722. The minimum atomic E-state index is 0.506. The maximum atomic E-state index is 5.95. The van der Waals surface area contributed by atoms with Crippen LogP contribution in [0.4, 0.5) is 5.69 Å². The van der Waals surface area contributed by atoms with Gasteiger partial charge in [-0.2, -0.15) is 10.1 Å². The van der Waals surface area contributed by atoms with Crippen molar-refractivity contribution >= 4 is 5.69 Å². The van der Waals surface area contributed by atoms with E-state index in [-0.39, 0.29) is 0 Å². The van der Waals surface area contributed by atoms with Crippen LogP contribution in [-0.4, -0.2) is 21.9 Å². The summed E-state index contributed by atoms with van der Waals surface area (Å²) in [4.78, 5) is 4.32. The Hall–Kier alpha value is -2.82. The number of pyridine rings is 1. The van der Waals surface area contributed by atoms with Crippen LogP contribution in [0.1, 0.15) is 0 Å². The highest BCUT2D eigenvalue weighted by Gasteiger charge is 2.08. The topological polar surface area (TPSA) is 66.0 Å². The summed E-state index contributed by atoms with van der Waals surface area (Å²) in [7, 11) is 1.57. The Morgan fingerprint density at radius 2 is 1.85 bits per heavy atom. The van der Waals surface area contributed by atoms with Gasteiger partial charge in [0.15, 0.2) is 5.82 Å². The SMILES string of the molecule is COc1ccc(N)c(-n2cc(-c3ccccc3)cn2)n1. The van der Waals surface area contributed by atoms with Crippen molar-refractivity contribution < 1.29 is 4.74 Å². The third-order valence-electron chi connectivity index (χ3n) is 3.00. The first-order chi connectivity index (χ1) is 9.78. The molecule has 100 valence electrons. The molecule has 5 heteroatoms. The predicted molar refractivity (Wildman–Crippen MR) is 77.8 cm³/mol. The van der Waals surface area contributed by atoms with Crippen molar-refractivity contribution in [3.8, 4) is 22.8 Å². The van der Waals surface area contributed by atoms with E-state index in [1.807, 2.05) is 36.5 Å². The van der Waals surface area contributed by atoms with Crippen LogP contribution >= 0.6 is 0 Å². The summed E-state index contributed by atoms with van der Waals surface area (Å²) in [5.74, 6) is 1.07. The summed E-state index contributed by atoms with van der Waals surface area (Å²) < 4.78 is 6.77. The molecule has 0 amide bonds. The first-order valence-corrected chi connectivity index (χ1v) is 6.19. The lowest BCUT2D eigenvalue weighted by Gasteiger charge is -2.06. The van der Waals surface area contributed by atoms with E-state index in [0.717, 1.165) is 11.1 Å². The molecule has 0 fully saturated rings. The van der Waals surface area contributed by atoms with E-state index >= 15 is 0 Å². The molecule has 2 N–H and O–H groups in total.